The van der Waals surface area contributed by atoms with E-state index in [2.05, 4.69) is 31.5 Å². The van der Waals surface area contributed by atoms with Crippen molar-refractivity contribution in [2.45, 2.75) is 6.92 Å². The van der Waals surface area contributed by atoms with Crippen LogP contribution < -0.4 is 10.6 Å². The molecule has 1 aromatic heterocycles. The third-order valence-electron chi connectivity index (χ3n) is 2.71. The number of halogens is 1. The molecule has 1 aromatic carbocycles. The molecule has 0 bridgehead atoms. The first-order valence-electron chi connectivity index (χ1n) is 5.81. The molecule has 98 valence electrons. The molecule has 0 atom stereocenters. The SMILES string of the molecule is CNc1ccncc1C(=O)Nc1cc(C)ccc1Br. The molecule has 2 N–H and O–H groups in total. The average molecular weight is 320 g/mol. The van der Waals surface area contributed by atoms with Crippen LogP contribution in [0.2, 0.25) is 0 Å². The van der Waals surface area contributed by atoms with Crippen LogP contribution in [0.25, 0.3) is 0 Å². The molecule has 2 aromatic rings. The zero-order chi connectivity index (χ0) is 13.8. The van der Waals surface area contributed by atoms with E-state index in [1.165, 1.54) is 0 Å². The number of anilines is 2. The van der Waals surface area contributed by atoms with Crippen LogP contribution in [0.1, 0.15) is 15.9 Å². The molecule has 5 heteroatoms. The molecule has 0 unspecified atom stereocenters. The molecule has 0 radical (unpaired) electrons. The van der Waals surface area contributed by atoms with Gasteiger partial charge in [0, 0.05) is 29.6 Å². The first-order valence-corrected chi connectivity index (χ1v) is 6.60. The number of nitrogens with zero attached hydrogens (tertiary/aromatic N) is 1. The first kappa shape index (κ1) is 13.5. The third-order valence-corrected chi connectivity index (χ3v) is 3.40. The second-order valence-corrected chi connectivity index (χ2v) is 4.96. The molecule has 2 rings (SSSR count). The fraction of sp³-hybridized carbons (Fsp3) is 0.143. The van der Waals surface area contributed by atoms with E-state index in [0.717, 1.165) is 21.4 Å². The van der Waals surface area contributed by atoms with Gasteiger partial charge in [0.05, 0.1) is 11.3 Å². The molecule has 0 saturated heterocycles. The van der Waals surface area contributed by atoms with Crippen molar-refractivity contribution in [3.63, 3.8) is 0 Å². The van der Waals surface area contributed by atoms with Gasteiger partial charge in [-0.2, -0.15) is 0 Å². The minimum absolute atomic E-state index is 0.191. The summed E-state index contributed by atoms with van der Waals surface area (Å²) in [6.45, 7) is 1.98. The maximum absolute atomic E-state index is 12.2. The third kappa shape index (κ3) is 3.12. The molecule has 0 fully saturated rings. The number of aryl methyl sites for hydroxylation is 1. The molecule has 1 amide bonds. The highest BCUT2D eigenvalue weighted by Crippen LogP contribution is 2.24. The summed E-state index contributed by atoms with van der Waals surface area (Å²) >= 11 is 3.42. The minimum atomic E-state index is -0.191. The van der Waals surface area contributed by atoms with Crippen LogP contribution in [0.3, 0.4) is 0 Å². The highest BCUT2D eigenvalue weighted by Gasteiger charge is 2.12. The number of amides is 1. The van der Waals surface area contributed by atoms with E-state index < -0.39 is 0 Å². The number of carbonyl (C=O) groups excluding carboxylic acids is 1. The predicted octanol–water partition coefficient (Wildman–Crippen LogP) is 3.45. The standard InChI is InChI=1S/C14H14BrN3O/c1-9-3-4-11(15)13(7-9)18-14(19)10-8-17-6-5-12(10)16-2/h3-8H,1-2H3,(H,16,17)(H,18,19). The van der Waals surface area contributed by atoms with Gasteiger partial charge in [0.2, 0.25) is 0 Å². The highest BCUT2D eigenvalue weighted by molar-refractivity contribution is 9.10. The Labute approximate surface area is 120 Å². The number of rotatable bonds is 3. The summed E-state index contributed by atoms with van der Waals surface area (Å²) in [6.07, 6.45) is 3.19. The average Bonchev–Trinajstić information content (AvgIpc) is 2.42. The lowest BCUT2D eigenvalue weighted by Gasteiger charge is -2.11. The molecule has 0 aliphatic carbocycles. The Morgan fingerprint density at radius 2 is 2.05 bits per heavy atom. The zero-order valence-corrected chi connectivity index (χ0v) is 12.3. The van der Waals surface area contributed by atoms with Gasteiger partial charge in [0.1, 0.15) is 0 Å². The lowest BCUT2D eigenvalue weighted by Crippen LogP contribution is -2.14. The van der Waals surface area contributed by atoms with Crippen LogP contribution in [0.15, 0.2) is 41.1 Å². The van der Waals surface area contributed by atoms with Gasteiger partial charge in [-0.1, -0.05) is 6.07 Å². The molecule has 0 saturated carbocycles. The van der Waals surface area contributed by atoms with E-state index in [4.69, 9.17) is 0 Å². The van der Waals surface area contributed by atoms with E-state index in [0.29, 0.717) is 5.56 Å². The van der Waals surface area contributed by atoms with E-state index in [9.17, 15) is 4.79 Å². The molecular weight excluding hydrogens is 306 g/mol. The Morgan fingerprint density at radius 3 is 2.79 bits per heavy atom. The number of aromatic nitrogens is 1. The smallest absolute Gasteiger partial charge is 0.259 e. The van der Waals surface area contributed by atoms with Crippen molar-refractivity contribution in [3.8, 4) is 0 Å². The van der Waals surface area contributed by atoms with E-state index in [1.807, 2.05) is 25.1 Å². The van der Waals surface area contributed by atoms with E-state index >= 15 is 0 Å². The van der Waals surface area contributed by atoms with Crippen LogP contribution in [-0.4, -0.2) is 17.9 Å². The van der Waals surface area contributed by atoms with Crippen molar-refractivity contribution >= 4 is 33.2 Å². The van der Waals surface area contributed by atoms with Gasteiger partial charge in [-0.15, -0.1) is 0 Å². The quantitative estimate of drug-likeness (QED) is 0.911. The molecule has 0 aliphatic rings. The second-order valence-electron chi connectivity index (χ2n) is 4.11. The van der Waals surface area contributed by atoms with Crippen molar-refractivity contribution in [3.05, 3.63) is 52.3 Å². The van der Waals surface area contributed by atoms with Crippen LogP contribution >= 0.6 is 15.9 Å². The van der Waals surface area contributed by atoms with Gasteiger partial charge in [0.25, 0.3) is 5.91 Å². The van der Waals surface area contributed by atoms with Crippen molar-refractivity contribution in [2.24, 2.45) is 0 Å². The topological polar surface area (TPSA) is 54.0 Å². The number of benzene rings is 1. The van der Waals surface area contributed by atoms with Crippen LogP contribution in [-0.2, 0) is 0 Å². The maximum atomic E-state index is 12.2. The molecule has 0 aliphatic heterocycles. The van der Waals surface area contributed by atoms with Crippen molar-refractivity contribution < 1.29 is 4.79 Å². The second kappa shape index (κ2) is 5.84. The Hall–Kier alpha value is -1.88. The van der Waals surface area contributed by atoms with Crippen molar-refractivity contribution in [2.75, 3.05) is 17.7 Å². The first-order chi connectivity index (χ1) is 9.11. The summed E-state index contributed by atoms with van der Waals surface area (Å²) in [5.41, 5.74) is 3.09. The summed E-state index contributed by atoms with van der Waals surface area (Å²) in [4.78, 5) is 16.2. The van der Waals surface area contributed by atoms with Gasteiger partial charge in [-0.25, -0.2) is 0 Å². The molecule has 1 heterocycles. The molecular formula is C14H14BrN3O. The van der Waals surface area contributed by atoms with Crippen molar-refractivity contribution in [1.29, 1.82) is 0 Å². The number of nitrogens with one attached hydrogen (secondary N) is 2. The Bertz CT molecular complexity index is 613. The summed E-state index contributed by atoms with van der Waals surface area (Å²) in [6, 6.07) is 7.56. The molecule has 19 heavy (non-hydrogen) atoms. The number of hydrogen-bond donors (Lipinski definition) is 2. The van der Waals surface area contributed by atoms with Gasteiger partial charge >= 0.3 is 0 Å². The van der Waals surface area contributed by atoms with Crippen LogP contribution in [0, 0.1) is 6.92 Å². The lowest BCUT2D eigenvalue weighted by atomic mass is 10.2. The summed E-state index contributed by atoms with van der Waals surface area (Å²) in [5, 5.41) is 5.85. The lowest BCUT2D eigenvalue weighted by molar-refractivity contribution is 0.102. The fourth-order valence-electron chi connectivity index (χ4n) is 1.72. The van der Waals surface area contributed by atoms with Gasteiger partial charge in [-0.3, -0.25) is 9.78 Å². The largest absolute Gasteiger partial charge is 0.387 e. The van der Waals surface area contributed by atoms with Gasteiger partial charge in [0.15, 0.2) is 0 Å². The Kier molecular flexibility index (Phi) is 4.16. The van der Waals surface area contributed by atoms with Gasteiger partial charge < -0.3 is 10.6 Å². The summed E-state index contributed by atoms with van der Waals surface area (Å²) in [7, 11) is 1.77. The Balaban J connectivity index is 2.28. The number of carbonyl (C=O) groups is 1. The van der Waals surface area contributed by atoms with E-state index in [-0.39, 0.29) is 5.91 Å². The molecule has 0 spiro atoms. The monoisotopic (exact) mass is 319 g/mol. The zero-order valence-electron chi connectivity index (χ0n) is 10.7. The molecule has 4 nitrogen and oxygen atoms in total. The predicted molar refractivity (Wildman–Crippen MR) is 80.6 cm³/mol. The van der Waals surface area contributed by atoms with E-state index in [1.54, 1.807) is 25.5 Å². The summed E-state index contributed by atoms with van der Waals surface area (Å²) < 4.78 is 0.848. The highest BCUT2D eigenvalue weighted by atomic mass is 79.9. The summed E-state index contributed by atoms with van der Waals surface area (Å²) in [5.74, 6) is -0.191. The van der Waals surface area contributed by atoms with Crippen molar-refractivity contribution in [1.82, 2.24) is 4.98 Å². The van der Waals surface area contributed by atoms with Crippen LogP contribution in [0.4, 0.5) is 11.4 Å². The van der Waals surface area contributed by atoms with Gasteiger partial charge in [-0.05, 0) is 46.6 Å². The number of hydrogen-bond acceptors (Lipinski definition) is 3. The maximum Gasteiger partial charge on any atom is 0.259 e. The number of pyridine rings is 1. The fourth-order valence-corrected chi connectivity index (χ4v) is 2.06. The Morgan fingerprint density at radius 1 is 1.26 bits per heavy atom. The normalized spacial score (nSPS) is 10.1. The van der Waals surface area contributed by atoms with Crippen LogP contribution in [0.5, 0.6) is 0 Å². The minimum Gasteiger partial charge on any atom is -0.387 e.